The summed E-state index contributed by atoms with van der Waals surface area (Å²) in [7, 11) is 0. The summed E-state index contributed by atoms with van der Waals surface area (Å²) >= 11 is 0. The number of carbonyl (C=O) groups excluding carboxylic acids is 1. The van der Waals surface area contributed by atoms with Crippen molar-refractivity contribution in [3.05, 3.63) is 0 Å². The minimum Gasteiger partial charge on any atom is -0.481 e. The number of carbonyl (C=O) groups is 2. The molecule has 0 aromatic carbocycles. The van der Waals surface area contributed by atoms with Gasteiger partial charge in [0.05, 0.1) is 5.41 Å². The molecule has 0 aliphatic heterocycles. The molecule has 2 N–H and O–H groups in total. The number of halogens is 4. The Kier molecular flexibility index (Phi) is 4.99. The summed E-state index contributed by atoms with van der Waals surface area (Å²) in [5.74, 6) is -7.82. The molecule has 20 heavy (non-hydrogen) atoms. The molecule has 116 valence electrons. The lowest BCUT2D eigenvalue weighted by Gasteiger charge is -2.36. The van der Waals surface area contributed by atoms with Crippen LogP contribution in [-0.2, 0) is 9.59 Å². The predicted octanol–water partition coefficient (Wildman–Crippen LogP) is 2.28. The van der Waals surface area contributed by atoms with E-state index in [9.17, 15) is 32.3 Å². The lowest BCUT2D eigenvalue weighted by molar-refractivity contribution is -0.170. The Balaban J connectivity index is 2.70. The van der Waals surface area contributed by atoms with E-state index in [-0.39, 0.29) is 12.8 Å². The van der Waals surface area contributed by atoms with Crippen LogP contribution < -0.4 is 5.32 Å². The normalized spacial score (nSPS) is 27.4. The lowest BCUT2D eigenvalue weighted by atomic mass is 9.71. The quantitative estimate of drug-likeness (QED) is 0.765. The molecule has 0 bridgehead atoms. The van der Waals surface area contributed by atoms with E-state index in [1.165, 1.54) is 0 Å². The van der Waals surface area contributed by atoms with Gasteiger partial charge in [-0.25, -0.2) is 8.78 Å². The zero-order valence-electron chi connectivity index (χ0n) is 11.0. The summed E-state index contributed by atoms with van der Waals surface area (Å²) < 4.78 is 49.6. The zero-order chi connectivity index (χ0) is 15.6. The van der Waals surface area contributed by atoms with Crippen molar-refractivity contribution in [1.82, 2.24) is 5.32 Å². The Morgan fingerprint density at radius 3 is 2.25 bits per heavy atom. The molecule has 8 heteroatoms. The zero-order valence-corrected chi connectivity index (χ0v) is 11.0. The first-order valence-corrected chi connectivity index (χ1v) is 6.29. The number of amides is 1. The van der Waals surface area contributed by atoms with E-state index in [2.05, 4.69) is 0 Å². The van der Waals surface area contributed by atoms with Gasteiger partial charge in [-0.3, -0.25) is 9.59 Å². The highest BCUT2D eigenvalue weighted by molar-refractivity contribution is 5.84. The van der Waals surface area contributed by atoms with Crippen molar-refractivity contribution < 1.29 is 32.3 Å². The molecule has 1 amide bonds. The van der Waals surface area contributed by atoms with Crippen molar-refractivity contribution in [2.75, 3.05) is 6.54 Å². The van der Waals surface area contributed by atoms with Gasteiger partial charge in [0.15, 0.2) is 0 Å². The van der Waals surface area contributed by atoms with Crippen LogP contribution >= 0.6 is 0 Å². The van der Waals surface area contributed by atoms with E-state index in [1.54, 1.807) is 5.32 Å². The number of carboxylic acids is 1. The van der Waals surface area contributed by atoms with Gasteiger partial charge in [0.1, 0.15) is 0 Å². The largest absolute Gasteiger partial charge is 0.481 e. The topological polar surface area (TPSA) is 66.4 Å². The molecule has 0 unspecified atom stereocenters. The fourth-order valence-electron chi connectivity index (χ4n) is 2.25. The fraction of sp³-hybridized carbons (Fsp3) is 0.833. The average Bonchev–Trinajstić information content (AvgIpc) is 2.37. The maximum absolute atomic E-state index is 12.8. The molecule has 1 saturated carbocycles. The van der Waals surface area contributed by atoms with Crippen LogP contribution in [0.4, 0.5) is 17.6 Å². The molecule has 1 rings (SSSR count). The van der Waals surface area contributed by atoms with Crippen molar-refractivity contribution in [2.45, 2.75) is 45.0 Å². The molecule has 4 nitrogen and oxygen atoms in total. The van der Waals surface area contributed by atoms with Crippen molar-refractivity contribution in [2.24, 2.45) is 11.3 Å². The molecule has 0 atom stereocenters. The van der Waals surface area contributed by atoms with Crippen molar-refractivity contribution in [1.29, 1.82) is 0 Å². The highest BCUT2D eigenvalue weighted by Gasteiger charge is 2.50. The summed E-state index contributed by atoms with van der Waals surface area (Å²) in [5.41, 5.74) is -1.35. The van der Waals surface area contributed by atoms with Crippen LogP contribution in [0.5, 0.6) is 0 Å². The van der Waals surface area contributed by atoms with Crippen LogP contribution in [-0.4, -0.2) is 35.9 Å². The van der Waals surface area contributed by atoms with Crippen LogP contribution in [0.3, 0.4) is 0 Å². The van der Waals surface area contributed by atoms with Gasteiger partial charge in [0.2, 0.25) is 0 Å². The summed E-state index contributed by atoms with van der Waals surface area (Å²) in [6.07, 6.45) is -2.48. The van der Waals surface area contributed by atoms with E-state index in [4.69, 9.17) is 0 Å². The van der Waals surface area contributed by atoms with Gasteiger partial charge in [-0.2, -0.15) is 8.78 Å². The van der Waals surface area contributed by atoms with Gasteiger partial charge in [0, 0.05) is 6.54 Å². The molecular weight excluding hydrogens is 282 g/mol. The van der Waals surface area contributed by atoms with Gasteiger partial charge in [0.25, 0.3) is 5.91 Å². The van der Waals surface area contributed by atoms with Gasteiger partial charge < -0.3 is 10.4 Å². The number of nitrogens with one attached hydrogen (secondary N) is 1. The van der Waals surface area contributed by atoms with Gasteiger partial charge >= 0.3 is 18.3 Å². The molecule has 0 heterocycles. The summed E-state index contributed by atoms with van der Waals surface area (Å²) in [6, 6.07) is 0. The second-order valence-corrected chi connectivity index (χ2v) is 5.37. The van der Waals surface area contributed by atoms with Crippen molar-refractivity contribution in [3.8, 4) is 0 Å². The van der Waals surface area contributed by atoms with Gasteiger partial charge in [-0.1, -0.05) is 6.92 Å². The standard InChI is InChI=1S/C12H17F4NO3/c1-7-2-4-11(5-3-7,10(19)20)6-17-9(18)12(15,16)8(13)14/h7-8H,2-6H2,1H3,(H,17,18)(H,19,20). The minimum absolute atomic E-state index is 0.226. The molecule has 0 spiro atoms. The monoisotopic (exact) mass is 299 g/mol. The third-order valence-electron chi connectivity index (χ3n) is 3.85. The maximum atomic E-state index is 12.8. The van der Waals surface area contributed by atoms with Crippen LogP contribution in [0, 0.1) is 11.3 Å². The predicted molar refractivity (Wildman–Crippen MR) is 61.7 cm³/mol. The number of alkyl halides is 4. The SMILES string of the molecule is CC1CCC(CNC(=O)C(F)(F)C(F)F)(C(=O)O)CC1. The van der Waals surface area contributed by atoms with E-state index in [1.807, 2.05) is 6.92 Å². The first-order chi connectivity index (χ1) is 9.12. The summed E-state index contributed by atoms with van der Waals surface area (Å²) in [6.45, 7) is 1.38. The van der Waals surface area contributed by atoms with Gasteiger partial charge in [-0.15, -0.1) is 0 Å². The molecule has 0 aromatic rings. The van der Waals surface area contributed by atoms with Crippen LogP contribution in [0.25, 0.3) is 0 Å². The number of hydrogen-bond donors (Lipinski definition) is 2. The Labute approximate surface area is 113 Å². The number of hydrogen-bond acceptors (Lipinski definition) is 2. The minimum atomic E-state index is -4.80. The van der Waals surface area contributed by atoms with Crippen LogP contribution in [0.2, 0.25) is 0 Å². The Morgan fingerprint density at radius 2 is 1.85 bits per heavy atom. The highest BCUT2D eigenvalue weighted by Crippen LogP contribution is 2.39. The summed E-state index contributed by atoms with van der Waals surface area (Å²) in [4.78, 5) is 22.3. The van der Waals surface area contributed by atoms with Crippen LogP contribution in [0.15, 0.2) is 0 Å². The first-order valence-electron chi connectivity index (χ1n) is 6.29. The second kappa shape index (κ2) is 5.97. The first kappa shape index (κ1) is 16.7. The molecule has 1 aliphatic carbocycles. The number of carboxylic acid groups (broad SMARTS) is 1. The third kappa shape index (κ3) is 3.40. The molecule has 0 aromatic heterocycles. The Hall–Kier alpha value is -1.34. The van der Waals surface area contributed by atoms with E-state index >= 15 is 0 Å². The van der Waals surface area contributed by atoms with E-state index in [0.29, 0.717) is 18.8 Å². The molecular formula is C12H17F4NO3. The Bertz CT molecular complexity index is 379. The third-order valence-corrected chi connectivity index (χ3v) is 3.85. The average molecular weight is 299 g/mol. The number of aliphatic carboxylic acids is 1. The fourth-order valence-corrected chi connectivity index (χ4v) is 2.25. The molecule has 0 radical (unpaired) electrons. The lowest BCUT2D eigenvalue weighted by Crippen LogP contribution is -2.51. The van der Waals surface area contributed by atoms with Crippen molar-refractivity contribution in [3.63, 3.8) is 0 Å². The van der Waals surface area contributed by atoms with Crippen LogP contribution in [0.1, 0.15) is 32.6 Å². The second-order valence-electron chi connectivity index (χ2n) is 5.37. The van der Waals surface area contributed by atoms with E-state index in [0.717, 1.165) is 0 Å². The molecule has 1 fully saturated rings. The number of rotatable bonds is 5. The van der Waals surface area contributed by atoms with Gasteiger partial charge in [-0.05, 0) is 31.6 Å². The van der Waals surface area contributed by atoms with E-state index < -0.39 is 36.2 Å². The molecule has 0 saturated heterocycles. The molecule has 1 aliphatic rings. The smallest absolute Gasteiger partial charge is 0.383 e. The van der Waals surface area contributed by atoms with Crippen molar-refractivity contribution >= 4 is 11.9 Å². The maximum Gasteiger partial charge on any atom is 0.383 e. The highest BCUT2D eigenvalue weighted by atomic mass is 19.3. The Morgan fingerprint density at radius 1 is 1.35 bits per heavy atom. The summed E-state index contributed by atoms with van der Waals surface area (Å²) in [5, 5.41) is 10.9.